The summed E-state index contributed by atoms with van der Waals surface area (Å²) in [5.41, 5.74) is 7.90. The molecule has 2 rings (SSSR count). The summed E-state index contributed by atoms with van der Waals surface area (Å²) >= 11 is 0. The number of ether oxygens (including phenoxy) is 1. The molecule has 2 N–H and O–H groups in total. The number of esters is 1. The predicted octanol–water partition coefficient (Wildman–Crippen LogP) is 3.89. The average molecular weight is 311 g/mol. The lowest BCUT2D eigenvalue weighted by molar-refractivity contribution is -0.160. The monoisotopic (exact) mass is 311 g/mol. The summed E-state index contributed by atoms with van der Waals surface area (Å²) in [6.45, 7) is 5.62. The Morgan fingerprint density at radius 2 is 1.52 bits per heavy atom. The van der Waals surface area contributed by atoms with E-state index in [4.69, 9.17) is 10.5 Å². The van der Waals surface area contributed by atoms with Crippen LogP contribution in [0.1, 0.15) is 37.9 Å². The summed E-state index contributed by atoms with van der Waals surface area (Å²) in [5, 5.41) is 0. The van der Waals surface area contributed by atoms with Gasteiger partial charge in [0, 0.05) is 6.04 Å². The standard InChI is InChI=1S/C20H25NO2/c1-20(2,3)23-19(22)17(14-15-10-6-4-7-11-15)18(21)16-12-8-5-9-13-16/h4-13,17-18H,14,21H2,1-3H3/t17-,18+/m0/s1. The van der Waals surface area contributed by atoms with Crippen LogP contribution in [0.3, 0.4) is 0 Å². The fourth-order valence-electron chi connectivity index (χ4n) is 2.51. The van der Waals surface area contributed by atoms with Crippen molar-refractivity contribution in [3.05, 3.63) is 71.8 Å². The highest BCUT2D eigenvalue weighted by atomic mass is 16.6. The van der Waals surface area contributed by atoms with Gasteiger partial charge in [-0.15, -0.1) is 0 Å². The number of rotatable bonds is 5. The highest BCUT2D eigenvalue weighted by molar-refractivity contribution is 5.74. The summed E-state index contributed by atoms with van der Waals surface area (Å²) in [5.74, 6) is -0.670. The number of nitrogens with two attached hydrogens (primary N) is 1. The van der Waals surface area contributed by atoms with E-state index < -0.39 is 17.6 Å². The lowest BCUT2D eigenvalue weighted by Gasteiger charge is -2.27. The van der Waals surface area contributed by atoms with Gasteiger partial charge in [0.05, 0.1) is 5.92 Å². The van der Waals surface area contributed by atoms with Crippen molar-refractivity contribution in [1.29, 1.82) is 0 Å². The molecule has 0 aromatic heterocycles. The fourth-order valence-corrected chi connectivity index (χ4v) is 2.51. The number of benzene rings is 2. The van der Waals surface area contributed by atoms with Gasteiger partial charge in [-0.1, -0.05) is 60.7 Å². The number of hydrogen-bond donors (Lipinski definition) is 1. The molecule has 0 bridgehead atoms. The molecule has 0 fully saturated rings. The van der Waals surface area contributed by atoms with E-state index in [0.29, 0.717) is 6.42 Å². The molecule has 122 valence electrons. The quantitative estimate of drug-likeness (QED) is 0.852. The van der Waals surface area contributed by atoms with Crippen molar-refractivity contribution in [2.75, 3.05) is 0 Å². The van der Waals surface area contributed by atoms with Crippen LogP contribution in [-0.4, -0.2) is 11.6 Å². The van der Waals surface area contributed by atoms with Gasteiger partial charge in [0.1, 0.15) is 5.60 Å². The first-order valence-corrected chi connectivity index (χ1v) is 7.94. The molecule has 2 aromatic carbocycles. The molecule has 3 heteroatoms. The number of carbonyl (C=O) groups is 1. The third-order valence-electron chi connectivity index (χ3n) is 3.63. The van der Waals surface area contributed by atoms with Crippen molar-refractivity contribution in [2.45, 2.75) is 38.8 Å². The van der Waals surface area contributed by atoms with Crippen molar-refractivity contribution in [1.82, 2.24) is 0 Å². The third kappa shape index (κ3) is 5.22. The van der Waals surface area contributed by atoms with E-state index in [1.54, 1.807) is 0 Å². The first kappa shape index (κ1) is 17.2. The molecular formula is C20H25NO2. The zero-order valence-electron chi connectivity index (χ0n) is 14.0. The molecule has 0 aliphatic heterocycles. The Kier molecular flexibility index (Phi) is 5.56. The maximum absolute atomic E-state index is 12.7. The molecule has 0 spiro atoms. The molecule has 23 heavy (non-hydrogen) atoms. The molecular weight excluding hydrogens is 286 g/mol. The second kappa shape index (κ2) is 7.42. The van der Waals surface area contributed by atoms with Crippen LogP contribution in [0, 0.1) is 5.92 Å². The Labute approximate surface area is 138 Å². The van der Waals surface area contributed by atoms with Gasteiger partial charge in [0.2, 0.25) is 0 Å². The summed E-state index contributed by atoms with van der Waals surface area (Å²) in [6.07, 6.45) is 0.561. The van der Waals surface area contributed by atoms with Gasteiger partial charge >= 0.3 is 5.97 Å². The van der Waals surface area contributed by atoms with E-state index >= 15 is 0 Å². The van der Waals surface area contributed by atoms with Crippen molar-refractivity contribution in [3.8, 4) is 0 Å². The highest BCUT2D eigenvalue weighted by Gasteiger charge is 2.31. The van der Waals surface area contributed by atoms with Gasteiger partial charge in [-0.2, -0.15) is 0 Å². The number of carbonyl (C=O) groups excluding carboxylic acids is 1. The maximum Gasteiger partial charge on any atom is 0.311 e. The third-order valence-corrected chi connectivity index (χ3v) is 3.63. The smallest absolute Gasteiger partial charge is 0.311 e. The summed E-state index contributed by atoms with van der Waals surface area (Å²) in [7, 11) is 0. The van der Waals surface area contributed by atoms with Crippen LogP contribution in [0.4, 0.5) is 0 Å². The normalized spacial score (nSPS) is 14.1. The molecule has 0 aliphatic rings. The van der Waals surface area contributed by atoms with Crippen molar-refractivity contribution < 1.29 is 9.53 Å². The molecule has 0 amide bonds. The van der Waals surface area contributed by atoms with E-state index in [9.17, 15) is 4.79 Å². The van der Waals surface area contributed by atoms with Crippen molar-refractivity contribution in [2.24, 2.45) is 11.7 Å². The minimum absolute atomic E-state index is 0.252. The molecule has 0 aliphatic carbocycles. The van der Waals surface area contributed by atoms with Gasteiger partial charge in [-0.05, 0) is 38.3 Å². The van der Waals surface area contributed by atoms with Crippen LogP contribution in [0.15, 0.2) is 60.7 Å². The zero-order chi connectivity index (χ0) is 16.9. The summed E-state index contributed by atoms with van der Waals surface area (Å²) in [6, 6.07) is 19.2. The lowest BCUT2D eigenvalue weighted by Crippen LogP contribution is -2.36. The van der Waals surface area contributed by atoms with Crippen LogP contribution < -0.4 is 5.73 Å². The van der Waals surface area contributed by atoms with Crippen molar-refractivity contribution >= 4 is 5.97 Å². The molecule has 0 unspecified atom stereocenters. The van der Waals surface area contributed by atoms with Crippen LogP contribution in [0.5, 0.6) is 0 Å². The van der Waals surface area contributed by atoms with E-state index in [1.165, 1.54) is 0 Å². The SMILES string of the molecule is CC(C)(C)OC(=O)[C@@H](Cc1ccccc1)[C@H](N)c1ccccc1. The van der Waals surface area contributed by atoms with Crippen LogP contribution >= 0.6 is 0 Å². The van der Waals surface area contributed by atoms with Gasteiger partial charge < -0.3 is 10.5 Å². The Bertz CT molecular complexity index is 617. The Morgan fingerprint density at radius 3 is 2.04 bits per heavy atom. The van der Waals surface area contributed by atoms with Gasteiger partial charge in [-0.3, -0.25) is 4.79 Å². The fraction of sp³-hybridized carbons (Fsp3) is 0.350. The lowest BCUT2D eigenvalue weighted by atomic mass is 9.88. The second-order valence-corrected chi connectivity index (χ2v) is 6.77. The minimum Gasteiger partial charge on any atom is -0.460 e. The highest BCUT2D eigenvalue weighted by Crippen LogP contribution is 2.26. The van der Waals surface area contributed by atoms with Gasteiger partial charge in [0.15, 0.2) is 0 Å². The average Bonchev–Trinajstić information content (AvgIpc) is 2.52. The molecule has 0 heterocycles. The molecule has 2 atom stereocenters. The topological polar surface area (TPSA) is 52.3 Å². The Hall–Kier alpha value is -2.13. The largest absolute Gasteiger partial charge is 0.460 e. The molecule has 0 saturated carbocycles. The van der Waals surface area contributed by atoms with Gasteiger partial charge in [0.25, 0.3) is 0 Å². The van der Waals surface area contributed by atoms with Crippen molar-refractivity contribution in [3.63, 3.8) is 0 Å². The molecule has 0 radical (unpaired) electrons. The maximum atomic E-state index is 12.7. The van der Waals surface area contributed by atoms with Crippen LogP contribution in [0.25, 0.3) is 0 Å². The predicted molar refractivity (Wildman–Crippen MR) is 92.9 cm³/mol. The zero-order valence-corrected chi connectivity index (χ0v) is 14.0. The van der Waals surface area contributed by atoms with Crippen LogP contribution in [-0.2, 0) is 16.0 Å². The number of hydrogen-bond acceptors (Lipinski definition) is 3. The summed E-state index contributed by atoms with van der Waals surface area (Å²) in [4.78, 5) is 12.7. The Morgan fingerprint density at radius 1 is 1.00 bits per heavy atom. The van der Waals surface area contributed by atoms with E-state index in [1.807, 2.05) is 81.4 Å². The minimum atomic E-state index is -0.525. The second-order valence-electron chi connectivity index (χ2n) is 6.77. The molecule has 0 saturated heterocycles. The van der Waals surface area contributed by atoms with E-state index in [2.05, 4.69) is 0 Å². The first-order chi connectivity index (χ1) is 10.9. The Balaban J connectivity index is 2.25. The molecule has 3 nitrogen and oxygen atoms in total. The van der Waals surface area contributed by atoms with Crippen LogP contribution in [0.2, 0.25) is 0 Å². The van der Waals surface area contributed by atoms with E-state index in [0.717, 1.165) is 11.1 Å². The molecule has 2 aromatic rings. The van der Waals surface area contributed by atoms with E-state index in [-0.39, 0.29) is 5.97 Å². The van der Waals surface area contributed by atoms with Gasteiger partial charge in [-0.25, -0.2) is 0 Å². The first-order valence-electron chi connectivity index (χ1n) is 7.94. The summed E-state index contributed by atoms with van der Waals surface area (Å²) < 4.78 is 5.60.